The number of hydrogen-bond donors (Lipinski definition) is 0. The van der Waals surface area contributed by atoms with Crippen molar-refractivity contribution in [3.05, 3.63) is 81.1 Å². The lowest BCUT2D eigenvalue weighted by Gasteiger charge is -2.35. The van der Waals surface area contributed by atoms with Crippen molar-refractivity contribution in [1.29, 1.82) is 0 Å². The molecule has 0 unspecified atom stereocenters. The molecule has 7 nitrogen and oxygen atoms in total. The molecule has 0 radical (unpaired) electrons. The highest BCUT2D eigenvalue weighted by Crippen LogP contribution is 2.23. The first-order valence-electron chi connectivity index (χ1n) is 10.7. The van der Waals surface area contributed by atoms with Gasteiger partial charge in [0.05, 0.1) is 10.6 Å². The van der Waals surface area contributed by atoms with Crippen LogP contribution in [0, 0.1) is 27.7 Å². The summed E-state index contributed by atoms with van der Waals surface area (Å²) in [6.45, 7) is 9.47. The van der Waals surface area contributed by atoms with Gasteiger partial charge in [-0.05, 0) is 74.2 Å². The third kappa shape index (κ3) is 4.20. The lowest BCUT2D eigenvalue weighted by Crippen LogP contribution is -2.49. The maximum absolute atomic E-state index is 13.2. The fraction of sp³-hybridized carbons (Fsp3) is 0.333. The predicted octanol–water partition coefficient (Wildman–Crippen LogP) is 2.98. The van der Waals surface area contributed by atoms with Gasteiger partial charge in [0.1, 0.15) is 5.82 Å². The van der Waals surface area contributed by atoms with Crippen molar-refractivity contribution in [3.8, 4) is 5.69 Å². The summed E-state index contributed by atoms with van der Waals surface area (Å²) < 4.78 is 29.3. The van der Waals surface area contributed by atoms with E-state index < -0.39 is 10.0 Å². The number of rotatable bonds is 4. The molecule has 0 amide bonds. The molecule has 3 aromatic rings. The highest BCUT2D eigenvalue weighted by atomic mass is 32.2. The Morgan fingerprint density at radius 2 is 1.47 bits per heavy atom. The number of benzene rings is 2. The number of hydrogen-bond acceptors (Lipinski definition) is 5. The molecule has 4 rings (SSSR count). The molecule has 2 aromatic carbocycles. The summed E-state index contributed by atoms with van der Waals surface area (Å²) >= 11 is 0. The van der Waals surface area contributed by atoms with Gasteiger partial charge >= 0.3 is 0 Å². The molecule has 8 heteroatoms. The minimum absolute atomic E-state index is 0.201. The van der Waals surface area contributed by atoms with Gasteiger partial charge in [-0.25, -0.2) is 8.42 Å². The average Bonchev–Trinajstić information content (AvgIpc) is 2.78. The second kappa shape index (κ2) is 8.52. The van der Waals surface area contributed by atoms with Crippen molar-refractivity contribution in [2.45, 2.75) is 32.6 Å². The number of anilines is 1. The molecule has 1 aromatic heterocycles. The number of nitrogens with zero attached hydrogens (tertiary/aromatic N) is 4. The summed E-state index contributed by atoms with van der Waals surface area (Å²) in [7, 11) is -3.56. The molecule has 2 heterocycles. The number of aromatic nitrogens is 2. The molecule has 1 saturated heterocycles. The minimum atomic E-state index is -3.56. The molecule has 0 bridgehead atoms. The highest BCUT2D eigenvalue weighted by Gasteiger charge is 2.30. The maximum Gasteiger partial charge on any atom is 0.271 e. The van der Waals surface area contributed by atoms with Gasteiger partial charge in [-0.15, -0.1) is 5.10 Å². The van der Waals surface area contributed by atoms with Crippen molar-refractivity contribution < 1.29 is 8.42 Å². The Labute approximate surface area is 189 Å². The van der Waals surface area contributed by atoms with Crippen LogP contribution in [0.1, 0.15) is 22.3 Å². The van der Waals surface area contributed by atoms with E-state index in [1.807, 2.05) is 62.9 Å². The lowest BCUT2D eigenvalue weighted by atomic mass is 10.1. The van der Waals surface area contributed by atoms with Crippen LogP contribution in [-0.4, -0.2) is 48.7 Å². The van der Waals surface area contributed by atoms with Crippen LogP contribution < -0.4 is 10.5 Å². The third-order valence-corrected chi connectivity index (χ3v) is 8.09. The summed E-state index contributed by atoms with van der Waals surface area (Å²) in [5.41, 5.74) is 4.43. The Hall–Kier alpha value is -2.97. The second-order valence-electron chi connectivity index (χ2n) is 8.37. The predicted molar refractivity (Wildman–Crippen MR) is 126 cm³/mol. The van der Waals surface area contributed by atoms with Crippen molar-refractivity contribution in [3.63, 3.8) is 0 Å². The van der Waals surface area contributed by atoms with Gasteiger partial charge in [0.2, 0.25) is 10.0 Å². The summed E-state index contributed by atoms with van der Waals surface area (Å²) in [6.07, 6.45) is 0. The fourth-order valence-corrected chi connectivity index (χ4v) is 5.63. The van der Waals surface area contributed by atoms with E-state index in [1.165, 1.54) is 15.1 Å². The van der Waals surface area contributed by atoms with Gasteiger partial charge in [-0.2, -0.15) is 8.99 Å². The summed E-state index contributed by atoms with van der Waals surface area (Å²) in [5.74, 6) is 0.659. The topological polar surface area (TPSA) is 75.5 Å². The summed E-state index contributed by atoms with van der Waals surface area (Å²) in [5, 5.41) is 4.57. The maximum atomic E-state index is 13.2. The smallest absolute Gasteiger partial charge is 0.271 e. The van der Waals surface area contributed by atoms with Crippen LogP contribution in [-0.2, 0) is 10.0 Å². The molecular formula is C24H28N4O3S. The molecule has 0 saturated carbocycles. The van der Waals surface area contributed by atoms with Crippen molar-refractivity contribution in [2.24, 2.45) is 0 Å². The second-order valence-corrected chi connectivity index (χ2v) is 10.3. The number of aryl methyl sites for hydroxylation is 4. The average molecular weight is 453 g/mol. The van der Waals surface area contributed by atoms with Crippen molar-refractivity contribution in [1.82, 2.24) is 14.1 Å². The number of sulfonamides is 1. The Bertz CT molecular complexity index is 1320. The van der Waals surface area contributed by atoms with E-state index in [-0.39, 0.29) is 5.56 Å². The minimum Gasteiger partial charge on any atom is -0.353 e. The quantitative estimate of drug-likeness (QED) is 0.608. The van der Waals surface area contributed by atoms with Crippen LogP contribution >= 0.6 is 0 Å². The van der Waals surface area contributed by atoms with Gasteiger partial charge in [0, 0.05) is 32.2 Å². The first-order valence-corrected chi connectivity index (χ1v) is 12.1. The Kier molecular flexibility index (Phi) is 5.92. The van der Waals surface area contributed by atoms with E-state index in [9.17, 15) is 13.2 Å². The van der Waals surface area contributed by atoms with Gasteiger partial charge in [0.15, 0.2) is 0 Å². The van der Waals surface area contributed by atoms with Crippen LogP contribution in [0.2, 0.25) is 0 Å². The highest BCUT2D eigenvalue weighted by molar-refractivity contribution is 7.89. The van der Waals surface area contributed by atoms with Gasteiger partial charge in [0.25, 0.3) is 5.56 Å². The molecule has 32 heavy (non-hydrogen) atoms. The van der Waals surface area contributed by atoms with Gasteiger partial charge in [-0.1, -0.05) is 18.2 Å². The van der Waals surface area contributed by atoms with Crippen LogP contribution in [0.3, 0.4) is 0 Å². The van der Waals surface area contributed by atoms with E-state index in [1.54, 1.807) is 12.1 Å². The normalized spacial score (nSPS) is 15.2. The first-order chi connectivity index (χ1) is 15.2. The Balaban J connectivity index is 1.55. The van der Waals surface area contributed by atoms with Crippen LogP contribution in [0.4, 0.5) is 5.82 Å². The molecule has 168 valence electrons. The molecule has 0 atom stereocenters. The van der Waals surface area contributed by atoms with Crippen LogP contribution in [0.5, 0.6) is 0 Å². The van der Waals surface area contributed by atoms with Crippen molar-refractivity contribution in [2.75, 3.05) is 31.1 Å². The molecule has 1 fully saturated rings. The summed E-state index contributed by atoms with van der Waals surface area (Å²) in [6, 6.07) is 14.5. The third-order valence-electron chi connectivity index (χ3n) is 6.05. The molecule has 0 N–H and O–H groups in total. The van der Waals surface area contributed by atoms with E-state index >= 15 is 0 Å². The standard InChI is InChI=1S/C24H28N4O3S/c1-17-5-6-19(3)22(15-17)32(30,31)27-13-11-26(12-14-27)23-9-10-24(29)28(25-23)21-8-7-18(2)20(4)16-21/h5-10,15-16H,11-14H2,1-4H3. The van der Waals surface area contributed by atoms with E-state index in [4.69, 9.17) is 0 Å². The Morgan fingerprint density at radius 3 is 2.16 bits per heavy atom. The van der Waals surface area contributed by atoms with E-state index in [0.29, 0.717) is 36.9 Å². The van der Waals surface area contributed by atoms with Gasteiger partial charge < -0.3 is 4.90 Å². The zero-order valence-corrected chi connectivity index (χ0v) is 19.7. The Morgan fingerprint density at radius 1 is 0.781 bits per heavy atom. The fourth-order valence-electron chi connectivity index (χ4n) is 3.89. The number of piperazine rings is 1. The monoisotopic (exact) mass is 452 g/mol. The largest absolute Gasteiger partial charge is 0.353 e. The summed E-state index contributed by atoms with van der Waals surface area (Å²) in [4.78, 5) is 14.8. The van der Waals surface area contributed by atoms with E-state index in [0.717, 1.165) is 27.9 Å². The van der Waals surface area contributed by atoms with Gasteiger partial charge in [-0.3, -0.25) is 4.79 Å². The molecule has 1 aliphatic rings. The molecule has 0 spiro atoms. The van der Waals surface area contributed by atoms with Crippen molar-refractivity contribution >= 4 is 15.8 Å². The lowest BCUT2D eigenvalue weighted by molar-refractivity contribution is 0.383. The molecule has 0 aliphatic carbocycles. The van der Waals surface area contributed by atoms with E-state index in [2.05, 4.69) is 5.10 Å². The molecular weight excluding hydrogens is 424 g/mol. The zero-order valence-electron chi connectivity index (χ0n) is 18.9. The SMILES string of the molecule is Cc1ccc(C)c(S(=O)(=O)N2CCN(c3ccc(=O)n(-c4ccc(C)c(C)c4)n3)CC2)c1. The molecule has 1 aliphatic heterocycles. The van der Waals surface area contributed by atoms with Crippen LogP contribution in [0.15, 0.2) is 58.2 Å². The van der Waals surface area contributed by atoms with Crippen LogP contribution in [0.25, 0.3) is 5.69 Å². The zero-order chi connectivity index (χ0) is 23.0. The first kappa shape index (κ1) is 22.2.